The monoisotopic (exact) mass is 121 g/mol. The van der Waals surface area contributed by atoms with E-state index in [0.717, 1.165) is 14.1 Å². The molecule has 0 amide bonds. The molecule has 0 radical (unpaired) electrons. The zero-order valence-corrected chi connectivity index (χ0v) is 5.48. The van der Waals surface area contributed by atoms with Gasteiger partial charge in [0.25, 0.3) is 0 Å². The van der Waals surface area contributed by atoms with Crippen LogP contribution in [0.15, 0.2) is 0 Å². The van der Waals surface area contributed by atoms with Crippen LogP contribution in [0.2, 0.25) is 0 Å². The van der Waals surface area contributed by atoms with Gasteiger partial charge in [-0.2, -0.15) is 0 Å². The van der Waals surface area contributed by atoms with E-state index in [2.05, 4.69) is 23.8 Å². The van der Waals surface area contributed by atoms with E-state index in [1.807, 2.05) is 0 Å². The van der Waals surface area contributed by atoms with E-state index in [9.17, 15) is 0 Å². The Labute approximate surface area is 45.0 Å². The predicted molar refractivity (Wildman–Crippen MR) is 32.6 cm³/mol. The highest BCUT2D eigenvalue weighted by molar-refractivity contribution is 7.95. The van der Waals surface area contributed by atoms with Crippen molar-refractivity contribution in [3.05, 3.63) is 0 Å². The van der Waals surface area contributed by atoms with Gasteiger partial charge < -0.3 is 0 Å². The summed E-state index contributed by atoms with van der Waals surface area (Å²) < 4.78 is 0. The number of hydrogen-bond acceptors (Lipinski definition) is 1. The Morgan fingerprint density at radius 2 is 2.50 bits per heavy atom. The zero-order valence-electron chi connectivity index (χ0n) is 3.77. The molecular weight excluding hydrogens is 113 g/mol. The van der Waals surface area contributed by atoms with Gasteiger partial charge in [-0.25, -0.2) is 0 Å². The lowest BCUT2D eigenvalue weighted by atomic mass is 10.5. The minimum absolute atomic E-state index is 0.879. The average Bonchev–Trinajstić information content (AvgIpc) is 1.61. The van der Waals surface area contributed by atoms with Crippen LogP contribution in [0.3, 0.4) is 0 Å². The van der Waals surface area contributed by atoms with Crippen molar-refractivity contribution in [2.45, 2.75) is 13.3 Å². The second-order valence-electron chi connectivity index (χ2n) is 0.999. The fourth-order valence-electron chi connectivity index (χ4n) is 0.157. The van der Waals surface area contributed by atoms with E-state index >= 15 is 0 Å². The molecule has 0 unspecified atom stereocenters. The molecule has 0 spiro atoms. The highest BCUT2D eigenvalue weighted by atomic mass is 32.4. The summed E-state index contributed by atoms with van der Waals surface area (Å²) in [5.74, 6) is 0. The summed E-state index contributed by atoms with van der Waals surface area (Å²) in [5.41, 5.74) is 0. The Morgan fingerprint density at radius 3 is 2.67 bits per heavy atom. The van der Waals surface area contributed by atoms with Gasteiger partial charge >= 0.3 is 0 Å². The molecule has 0 bridgehead atoms. The molecule has 0 aliphatic carbocycles. The summed E-state index contributed by atoms with van der Waals surface area (Å²) in [6, 6.07) is 0. The molecule has 0 aliphatic heterocycles. The van der Waals surface area contributed by atoms with Crippen molar-refractivity contribution in [1.82, 2.24) is 5.09 Å². The second kappa shape index (κ2) is 5.48. The molecule has 0 saturated carbocycles. The maximum absolute atomic E-state index is 4.58. The topological polar surface area (TPSA) is 12.0 Å². The van der Waals surface area contributed by atoms with Crippen molar-refractivity contribution in [2.24, 2.45) is 0 Å². The van der Waals surface area contributed by atoms with Crippen molar-refractivity contribution in [2.75, 3.05) is 6.54 Å². The standard InChI is InChI=1S/C3H8NPS/c1-2-3-4-5-6/h2-3H2,1H3,(H,4,6). The molecule has 0 heterocycles. The number of nitrogens with one attached hydrogen (secondary N) is 1. The Bertz CT molecular complexity index is 39.8. The average molecular weight is 121 g/mol. The second-order valence-corrected chi connectivity index (χ2v) is 2.05. The van der Waals surface area contributed by atoms with Gasteiger partial charge in [0.2, 0.25) is 0 Å². The predicted octanol–water partition coefficient (Wildman–Crippen LogP) is 1.31. The third-order valence-corrected chi connectivity index (χ3v) is 1.17. The lowest BCUT2D eigenvalue weighted by Gasteiger charge is -1.84. The Kier molecular flexibility index (Phi) is 5.92. The van der Waals surface area contributed by atoms with Crippen LogP contribution in [-0.4, -0.2) is 6.54 Å². The third kappa shape index (κ3) is 4.48. The summed E-state index contributed by atoms with van der Waals surface area (Å²) in [6.07, 6.45) is 1.17. The molecule has 0 aromatic heterocycles. The molecule has 36 valence electrons. The summed E-state index contributed by atoms with van der Waals surface area (Å²) in [4.78, 5) is 0. The largest absolute Gasteiger partial charge is 0.262 e. The third-order valence-electron chi connectivity index (χ3n) is 0.426. The summed E-state index contributed by atoms with van der Waals surface area (Å²) in [6.45, 7) is 3.17. The van der Waals surface area contributed by atoms with Gasteiger partial charge in [0.15, 0.2) is 0 Å². The molecular formula is C3H8NPS. The highest BCUT2D eigenvalue weighted by Gasteiger charge is 1.69. The van der Waals surface area contributed by atoms with Crippen molar-refractivity contribution < 1.29 is 0 Å². The molecule has 0 aliphatic rings. The highest BCUT2D eigenvalue weighted by Crippen LogP contribution is 1.79. The molecule has 0 saturated heterocycles. The smallest absolute Gasteiger partial charge is 0.0585 e. The minimum Gasteiger partial charge on any atom is -0.262 e. The van der Waals surface area contributed by atoms with Gasteiger partial charge in [-0.15, -0.1) is 0 Å². The van der Waals surface area contributed by atoms with E-state index in [0.29, 0.717) is 0 Å². The van der Waals surface area contributed by atoms with Crippen LogP contribution in [0.5, 0.6) is 0 Å². The first-order chi connectivity index (χ1) is 2.91. The normalized spacial score (nSPS) is 9.50. The van der Waals surface area contributed by atoms with Crippen molar-refractivity contribution >= 4 is 19.3 Å². The van der Waals surface area contributed by atoms with E-state index in [1.54, 1.807) is 0 Å². The molecule has 3 heteroatoms. The van der Waals surface area contributed by atoms with Crippen LogP contribution in [-0.2, 0) is 11.8 Å². The van der Waals surface area contributed by atoms with Crippen LogP contribution in [0.1, 0.15) is 13.3 Å². The lowest BCUT2D eigenvalue weighted by molar-refractivity contribution is 0.878. The molecule has 1 nitrogen and oxygen atoms in total. The van der Waals surface area contributed by atoms with Crippen molar-refractivity contribution in [3.63, 3.8) is 0 Å². The van der Waals surface area contributed by atoms with Gasteiger partial charge in [0.05, 0.1) is 7.51 Å². The summed E-state index contributed by atoms with van der Waals surface area (Å²) >= 11 is 4.58. The van der Waals surface area contributed by atoms with Crippen molar-refractivity contribution in [3.8, 4) is 0 Å². The van der Waals surface area contributed by atoms with Gasteiger partial charge in [-0.1, -0.05) is 6.92 Å². The van der Waals surface area contributed by atoms with Crippen LogP contribution in [0.25, 0.3) is 0 Å². The number of rotatable bonds is 3. The molecule has 0 rings (SSSR count). The summed E-state index contributed by atoms with van der Waals surface area (Å²) in [5, 5.41) is 2.98. The van der Waals surface area contributed by atoms with Gasteiger partial charge in [0, 0.05) is 6.54 Å². The molecule has 0 atom stereocenters. The van der Waals surface area contributed by atoms with Crippen LogP contribution >= 0.6 is 7.51 Å². The Morgan fingerprint density at radius 1 is 1.83 bits per heavy atom. The SMILES string of the molecule is CCCNP=S. The zero-order chi connectivity index (χ0) is 4.83. The molecule has 0 fully saturated rings. The fourth-order valence-corrected chi connectivity index (χ4v) is 0.746. The molecule has 6 heavy (non-hydrogen) atoms. The van der Waals surface area contributed by atoms with E-state index in [4.69, 9.17) is 0 Å². The Balaban J connectivity index is 2.49. The number of hydrogen-bond donors (Lipinski definition) is 1. The quantitative estimate of drug-likeness (QED) is 0.446. The van der Waals surface area contributed by atoms with Gasteiger partial charge in [-0.3, -0.25) is 5.09 Å². The van der Waals surface area contributed by atoms with Gasteiger partial charge in [-0.05, 0) is 18.2 Å². The lowest BCUT2D eigenvalue weighted by Crippen LogP contribution is -1.97. The molecule has 1 N–H and O–H groups in total. The van der Waals surface area contributed by atoms with Crippen LogP contribution < -0.4 is 5.09 Å². The van der Waals surface area contributed by atoms with E-state index in [1.165, 1.54) is 6.42 Å². The van der Waals surface area contributed by atoms with Crippen LogP contribution in [0, 0.1) is 0 Å². The van der Waals surface area contributed by atoms with Crippen molar-refractivity contribution in [1.29, 1.82) is 0 Å². The first-order valence-electron chi connectivity index (χ1n) is 1.97. The Hall–Kier alpha value is 0.480. The maximum Gasteiger partial charge on any atom is 0.0585 e. The first-order valence-corrected chi connectivity index (χ1v) is 3.87. The van der Waals surface area contributed by atoms with E-state index in [-0.39, 0.29) is 0 Å². The maximum atomic E-state index is 4.58. The van der Waals surface area contributed by atoms with Crippen LogP contribution in [0.4, 0.5) is 0 Å². The van der Waals surface area contributed by atoms with E-state index < -0.39 is 0 Å². The summed E-state index contributed by atoms with van der Waals surface area (Å²) in [7, 11) is 0.879. The van der Waals surface area contributed by atoms with Gasteiger partial charge in [0.1, 0.15) is 0 Å². The minimum atomic E-state index is 0.879. The molecule has 0 aromatic carbocycles. The molecule has 0 aromatic rings. The fraction of sp³-hybridized carbons (Fsp3) is 1.00. The first kappa shape index (κ1) is 6.48.